The van der Waals surface area contributed by atoms with Crippen molar-refractivity contribution in [2.45, 2.75) is 13.5 Å². The van der Waals surface area contributed by atoms with Crippen molar-refractivity contribution in [3.05, 3.63) is 33.9 Å². The normalized spacial score (nSPS) is 10.6. The number of hydrogen-bond donors (Lipinski definition) is 1. The number of ether oxygens (including phenoxy) is 1. The van der Waals surface area contributed by atoms with Gasteiger partial charge in [-0.15, -0.1) is 11.3 Å². The number of halogens is 1. The Morgan fingerprint density at radius 3 is 2.76 bits per heavy atom. The number of benzene rings is 1. The van der Waals surface area contributed by atoms with E-state index in [0.717, 1.165) is 4.88 Å². The lowest BCUT2D eigenvalue weighted by molar-refractivity contribution is 0.281. The van der Waals surface area contributed by atoms with E-state index in [4.69, 9.17) is 9.84 Å². The number of aliphatic hydroxyl groups is 1. The van der Waals surface area contributed by atoms with Gasteiger partial charge in [0.25, 0.3) is 0 Å². The highest BCUT2D eigenvalue weighted by molar-refractivity contribution is 7.12. The predicted molar refractivity (Wildman–Crippen MR) is 64.7 cm³/mol. The first kappa shape index (κ1) is 12.0. The van der Waals surface area contributed by atoms with Crippen LogP contribution in [0.2, 0.25) is 0 Å². The Bertz CT molecular complexity index is 539. The summed E-state index contributed by atoms with van der Waals surface area (Å²) in [5.74, 6) is -0.202. The molecule has 1 N–H and O–H groups in total. The molecule has 90 valence electrons. The lowest BCUT2D eigenvalue weighted by Gasteiger charge is -2.03. The van der Waals surface area contributed by atoms with Gasteiger partial charge in [0, 0.05) is 10.4 Å². The second kappa shape index (κ2) is 4.81. The second-order valence-electron chi connectivity index (χ2n) is 3.52. The first-order valence-electron chi connectivity index (χ1n) is 5.06. The van der Waals surface area contributed by atoms with Crippen molar-refractivity contribution < 1.29 is 14.2 Å². The van der Waals surface area contributed by atoms with Crippen LogP contribution in [0.1, 0.15) is 9.88 Å². The van der Waals surface area contributed by atoms with Crippen LogP contribution in [0.25, 0.3) is 11.3 Å². The van der Waals surface area contributed by atoms with Gasteiger partial charge in [-0.25, -0.2) is 9.37 Å². The van der Waals surface area contributed by atoms with Crippen LogP contribution in [0.4, 0.5) is 4.39 Å². The summed E-state index contributed by atoms with van der Waals surface area (Å²) in [5, 5.41) is 9.65. The summed E-state index contributed by atoms with van der Waals surface area (Å²) >= 11 is 1.41. The molecule has 0 atom stereocenters. The summed E-state index contributed by atoms with van der Waals surface area (Å²) < 4.78 is 18.4. The minimum atomic E-state index is -0.414. The zero-order valence-electron chi connectivity index (χ0n) is 9.53. The second-order valence-corrected chi connectivity index (χ2v) is 4.81. The predicted octanol–water partition coefficient (Wildman–Crippen LogP) is 2.76. The third-order valence-electron chi connectivity index (χ3n) is 2.40. The summed E-state index contributed by atoms with van der Waals surface area (Å²) in [5.41, 5.74) is 1.40. The van der Waals surface area contributed by atoms with E-state index in [1.807, 2.05) is 6.92 Å². The SMILES string of the molecule is COc1ccc(-c2nc(CO)sc2C)cc1F. The van der Waals surface area contributed by atoms with Crippen molar-refractivity contribution in [2.75, 3.05) is 7.11 Å². The molecule has 5 heteroatoms. The van der Waals surface area contributed by atoms with Gasteiger partial charge < -0.3 is 9.84 Å². The number of hydrogen-bond acceptors (Lipinski definition) is 4. The fourth-order valence-corrected chi connectivity index (χ4v) is 2.42. The molecule has 0 spiro atoms. The minimum absolute atomic E-state index is 0.0931. The van der Waals surface area contributed by atoms with Crippen LogP contribution in [0, 0.1) is 12.7 Å². The highest BCUT2D eigenvalue weighted by Crippen LogP contribution is 2.30. The Labute approximate surface area is 103 Å². The van der Waals surface area contributed by atoms with Gasteiger partial charge >= 0.3 is 0 Å². The smallest absolute Gasteiger partial charge is 0.165 e. The van der Waals surface area contributed by atoms with Crippen molar-refractivity contribution in [1.82, 2.24) is 4.98 Å². The van der Waals surface area contributed by atoms with E-state index < -0.39 is 5.82 Å². The fourth-order valence-electron chi connectivity index (χ4n) is 1.60. The fraction of sp³-hybridized carbons (Fsp3) is 0.250. The Morgan fingerprint density at radius 1 is 1.47 bits per heavy atom. The molecular weight excluding hydrogens is 241 g/mol. The van der Waals surface area contributed by atoms with Crippen LogP contribution in [0.3, 0.4) is 0 Å². The van der Waals surface area contributed by atoms with Crippen molar-refractivity contribution in [1.29, 1.82) is 0 Å². The molecule has 17 heavy (non-hydrogen) atoms. The molecule has 0 aliphatic carbocycles. The van der Waals surface area contributed by atoms with E-state index in [1.165, 1.54) is 24.5 Å². The lowest BCUT2D eigenvalue weighted by atomic mass is 10.1. The average Bonchev–Trinajstić information content (AvgIpc) is 2.70. The summed E-state index contributed by atoms with van der Waals surface area (Å²) in [6.07, 6.45) is 0. The van der Waals surface area contributed by atoms with Gasteiger partial charge in [0.15, 0.2) is 11.6 Å². The number of aliphatic hydroxyl groups excluding tert-OH is 1. The van der Waals surface area contributed by atoms with E-state index in [1.54, 1.807) is 12.1 Å². The van der Waals surface area contributed by atoms with Gasteiger partial charge in [-0.05, 0) is 25.1 Å². The largest absolute Gasteiger partial charge is 0.494 e. The molecule has 0 saturated heterocycles. The summed E-state index contributed by atoms with van der Waals surface area (Å²) in [6, 6.07) is 4.72. The number of thiazole rings is 1. The lowest BCUT2D eigenvalue weighted by Crippen LogP contribution is -1.89. The molecule has 0 aliphatic heterocycles. The monoisotopic (exact) mass is 253 g/mol. The highest BCUT2D eigenvalue weighted by atomic mass is 32.1. The average molecular weight is 253 g/mol. The van der Waals surface area contributed by atoms with Gasteiger partial charge in [-0.1, -0.05) is 0 Å². The van der Waals surface area contributed by atoms with Crippen molar-refractivity contribution in [3.8, 4) is 17.0 Å². The van der Waals surface area contributed by atoms with Crippen LogP contribution in [-0.4, -0.2) is 17.2 Å². The van der Waals surface area contributed by atoms with Gasteiger partial charge in [0.1, 0.15) is 5.01 Å². The van der Waals surface area contributed by atoms with Gasteiger partial charge in [-0.3, -0.25) is 0 Å². The maximum Gasteiger partial charge on any atom is 0.165 e. The van der Waals surface area contributed by atoms with E-state index in [-0.39, 0.29) is 12.4 Å². The summed E-state index contributed by atoms with van der Waals surface area (Å²) in [6.45, 7) is 1.80. The van der Waals surface area contributed by atoms with Crippen LogP contribution >= 0.6 is 11.3 Å². The Hall–Kier alpha value is -1.46. The molecule has 1 heterocycles. The van der Waals surface area contributed by atoms with Crippen LogP contribution in [-0.2, 0) is 6.61 Å². The molecule has 1 aromatic carbocycles. The molecule has 0 aliphatic rings. The molecule has 0 bridgehead atoms. The number of aromatic nitrogens is 1. The quantitative estimate of drug-likeness (QED) is 0.914. The maximum absolute atomic E-state index is 13.6. The topological polar surface area (TPSA) is 42.4 Å². The molecule has 2 rings (SSSR count). The van der Waals surface area contributed by atoms with Crippen LogP contribution in [0.15, 0.2) is 18.2 Å². The molecule has 1 aromatic heterocycles. The third kappa shape index (κ3) is 2.30. The molecule has 0 amide bonds. The third-order valence-corrected chi connectivity index (χ3v) is 3.36. The van der Waals surface area contributed by atoms with Crippen LogP contribution in [0.5, 0.6) is 5.75 Å². The number of aryl methyl sites for hydroxylation is 1. The van der Waals surface area contributed by atoms with Gasteiger partial charge in [0.2, 0.25) is 0 Å². The standard InChI is InChI=1S/C12H12FNO2S/c1-7-12(14-11(6-15)17-7)8-3-4-10(16-2)9(13)5-8/h3-5,15H,6H2,1-2H3. The van der Waals surface area contributed by atoms with E-state index in [0.29, 0.717) is 16.3 Å². The summed E-state index contributed by atoms with van der Waals surface area (Å²) in [4.78, 5) is 5.21. The Morgan fingerprint density at radius 2 is 2.24 bits per heavy atom. The Kier molecular flexibility index (Phi) is 3.40. The number of rotatable bonds is 3. The number of nitrogens with zero attached hydrogens (tertiary/aromatic N) is 1. The molecule has 0 unspecified atom stereocenters. The van der Waals surface area contributed by atoms with Crippen LogP contribution < -0.4 is 4.74 Å². The Balaban J connectivity index is 2.45. The zero-order valence-corrected chi connectivity index (χ0v) is 10.3. The molecule has 3 nitrogen and oxygen atoms in total. The minimum Gasteiger partial charge on any atom is -0.494 e. The van der Waals surface area contributed by atoms with Gasteiger partial charge in [0.05, 0.1) is 19.4 Å². The first-order valence-corrected chi connectivity index (χ1v) is 5.88. The highest BCUT2D eigenvalue weighted by Gasteiger charge is 2.11. The van der Waals surface area contributed by atoms with Crippen molar-refractivity contribution in [3.63, 3.8) is 0 Å². The van der Waals surface area contributed by atoms with E-state index in [9.17, 15) is 4.39 Å². The molecule has 0 fully saturated rings. The maximum atomic E-state index is 13.6. The molecule has 2 aromatic rings. The molecule has 0 saturated carbocycles. The van der Waals surface area contributed by atoms with Gasteiger partial charge in [-0.2, -0.15) is 0 Å². The first-order chi connectivity index (χ1) is 8.15. The van der Waals surface area contributed by atoms with Crippen molar-refractivity contribution in [2.24, 2.45) is 0 Å². The molecule has 0 radical (unpaired) electrons. The number of methoxy groups -OCH3 is 1. The summed E-state index contributed by atoms with van der Waals surface area (Å²) in [7, 11) is 1.43. The van der Waals surface area contributed by atoms with E-state index >= 15 is 0 Å². The van der Waals surface area contributed by atoms with E-state index in [2.05, 4.69) is 4.98 Å². The van der Waals surface area contributed by atoms with Crippen molar-refractivity contribution >= 4 is 11.3 Å². The zero-order chi connectivity index (χ0) is 12.4. The molecular formula is C12H12FNO2S.